The molecule has 3 aromatic heterocycles. The van der Waals surface area contributed by atoms with Crippen LogP contribution in [-0.2, 0) is 6.42 Å². The summed E-state index contributed by atoms with van der Waals surface area (Å²) in [7, 11) is 0. The summed E-state index contributed by atoms with van der Waals surface area (Å²) in [5.41, 5.74) is 10.2. The molecule has 0 amide bonds. The van der Waals surface area contributed by atoms with E-state index >= 15 is 0 Å². The Kier molecular flexibility index (Phi) is 8.38. The van der Waals surface area contributed by atoms with E-state index in [2.05, 4.69) is 118 Å². The normalized spacial score (nSPS) is 11.6. The Bertz CT molecular complexity index is 2190. The molecule has 0 aliphatic carbocycles. The molecule has 0 unspecified atom stereocenters. The summed E-state index contributed by atoms with van der Waals surface area (Å²) in [5.74, 6) is 3.20. The number of aromatic nitrogens is 4. The predicted molar refractivity (Wildman–Crippen MR) is 194 cm³/mol. The standard InChI is InChI=1S/C42H42N4O/c1-28(2)12-9-10-13-32-18-21-39-38(25-32)37-20-19-36(27-40(37)45(39)41-24-29(3)22-23-43-41)47-35-17-11-16-34(26-35)46-31(5)42(30(4)44-46)33-14-7-6-8-15-33/h6-8,11,14-28H,9-10,12-13H2,1-5H3. The molecular weight excluding hydrogens is 576 g/mol. The first kappa shape index (κ1) is 30.5. The number of pyridine rings is 1. The van der Waals surface area contributed by atoms with Crippen molar-refractivity contribution < 1.29 is 4.74 Å². The summed E-state index contributed by atoms with van der Waals surface area (Å²) >= 11 is 0. The molecule has 0 N–H and O–H groups in total. The Labute approximate surface area is 277 Å². The van der Waals surface area contributed by atoms with Gasteiger partial charge in [-0.2, -0.15) is 5.10 Å². The SMILES string of the molecule is Cc1ccnc(-n2c3ccc(CCCCC(C)C)cc3c3ccc(Oc4cccc(-n5nc(C)c(-c6ccccc6)c5C)c4)cc32)c1. The smallest absolute Gasteiger partial charge is 0.137 e. The van der Waals surface area contributed by atoms with E-state index in [1.165, 1.54) is 52.3 Å². The fraction of sp³-hybridized carbons (Fsp3) is 0.238. The lowest BCUT2D eigenvalue weighted by molar-refractivity contribution is 0.482. The minimum atomic E-state index is 0.752. The van der Waals surface area contributed by atoms with Crippen molar-refractivity contribution in [2.24, 2.45) is 5.92 Å². The van der Waals surface area contributed by atoms with Crippen LogP contribution in [0.3, 0.4) is 0 Å². The van der Waals surface area contributed by atoms with Crippen molar-refractivity contribution in [2.75, 3.05) is 0 Å². The predicted octanol–water partition coefficient (Wildman–Crippen LogP) is 11.1. The first-order chi connectivity index (χ1) is 22.9. The number of fused-ring (bicyclic) bond motifs is 3. The maximum atomic E-state index is 6.55. The topological polar surface area (TPSA) is 44.9 Å². The number of hydrogen-bond acceptors (Lipinski definition) is 3. The molecule has 0 saturated heterocycles. The maximum absolute atomic E-state index is 6.55. The Balaban J connectivity index is 1.25. The fourth-order valence-corrected chi connectivity index (χ4v) is 6.77. The molecule has 0 radical (unpaired) electrons. The second kappa shape index (κ2) is 12.9. The summed E-state index contributed by atoms with van der Waals surface area (Å²) in [6.07, 6.45) is 6.74. The van der Waals surface area contributed by atoms with Crippen LogP contribution in [0.15, 0.2) is 109 Å². The van der Waals surface area contributed by atoms with Gasteiger partial charge >= 0.3 is 0 Å². The van der Waals surface area contributed by atoms with Gasteiger partial charge < -0.3 is 4.74 Å². The Morgan fingerprint density at radius 2 is 1.55 bits per heavy atom. The van der Waals surface area contributed by atoms with Gasteiger partial charge in [0.05, 0.1) is 22.4 Å². The van der Waals surface area contributed by atoms with E-state index in [1.54, 1.807) is 0 Å². The number of hydrogen-bond donors (Lipinski definition) is 0. The van der Waals surface area contributed by atoms with Crippen LogP contribution in [-0.4, -0.2) is 19.3 Å². The van der Waals surface area contributed by atoms with Crippen LogP contribution < -0.4 is 4.74 Å². The lowest BCUT2D eigenvalue weighted by Gasteiger charge is -2.11. The molecule has 7 rings (SSSR count). The van der Waals surface area contributed by atoms with Crippen LogP contribution in [0.2, 0.25) is 0 Å². The number of rotatable bonds is 10. The summed E-state index contributed by atoms with van der Waals surface area (Å²) in [6.45, 7) is 10.9. The van der Waals surface area contributed by atoms with Crippen molar-refractivity contribution in [2.45, 2.75) is 60.3 Å². The highest BCUT2D eigenvalue weighted by molar-refractivity contribution is 6.09. The lowest BCUT2D eigenvalue weighted by atomic mass is 10.0. The third kappa shape index (κ3) is 6.18. The second-order valence-corrected chi connectivity index (χ2v) is 13.1. The molecule has 47 heavy (non-hydrogen) atoms. The molecule has 4 aromatic carbocycles. The van der Waals surface area contributed by atoms with Crippen LogP contribution >= 0.6 is 0 Å². The van der Waals surface area contributed by atoms with Crippen LogP contribution in [0.25, 0.3) is 44.4 Å². The summed E-state index contributed by atoms with van der Waals surface area (Å²) < 4.78 is 10.8. The fourth-order valence-electron chi connectivity index (χ4n) is 6.77. The Hall–Kier alpha value is -5.16. The van der Waals surface area contributed by atoms with E-state index in [4.69, 9.17) is 14.8 Å². The molecule has 0 atom stereocenters. The highest BCUT2D eigenvalue weighted by Gasteiger charge is 2.17. The molecule has 5 heteroatoms. The molecular formula is C42H42N4O. The highest BCUT2D eigenvalue weighted by Crippen LogP contribution is 2.36. The monoisotopic (exact) mass is 618 g/mol. The number of ether oxygens (including phenoxy) is 1. The summed E-state index contributed by atoms with van der Waals surface area (Å²) in [6, 6.07) is 36.1. The van der Waals surface area contributed by atoms with E-state index in [-0.39, 0.29) is 0 Å². The third-order valence-corrected chi connectivity index (χ3v) is 9.08. The molecule has 5 nitrogen and oxygen atoms in total. The Morgan fingerprint density at radius 3 is 2.36 bits per heavy atom. The number of unbranched alkanes of at least 4 members (excludes halogenated alkanes) is 1. The van der Waals surface area contributed by atoms with Crippen molar-refractivity contribution in [1.82, 2.24) is 19.3 Å². The van der Waals surface area contributed by atoms with E-state index in [1.807, 2.05) is 35.1 Å². The van der Waals surface area contributed by atoms with E-state index < -0.39 is 0 Å². The number of aryl methyl sites for hydroxylation is 3. The van der Waals surface area contributed by atoms with Gasteiger partial charge in [-0.1, -0.05) is 69.2 Å². The molecule has 0 spiro atoms. The minimum absolute atomic E-state index is 0.752. The van der Waals surface area contributed by atoms with Crippen LogP contribution in [0.1, 0.15) is 55.6 Å². The molecule has 0 bridgehead atoms. The summed E-state index contributed by atoms with van der Waals surface area (Å²) in [5, 5.41) is 7.36. The van der Waals surface area contributed by atoms with Gasteiger partial charge in [0.1, 0.15) is 17.3 Å². The van der Waals surface area contributed by atoms with Crippen LogP contribution in [0.4, 0.5) is 0 Å². The van der Waals surface area contributed by atoms with Gasteiger partial charge in [-0.15, -0.1) is 0 Å². The zero-order valence-corrected chi connectivity index (χ0v) is 28.0. The third-order valence-electron chi connectivity index (χ3n) is 9.08. The molecule has 7 aromatic rings. The van der Waals surface area contributed by atoms with Crippen LogP contribution in [0.5, 0.6) is 11.5 Å². The zero-order chi connectivity index (χ0) is 32.5. The second-order valence-electron chi connectivity index (χ2n) is 13.1. The number of benzene rings is 4. The molecule has 0 fully saturated rings. The zero-order valence-electron chi connectivity index (χ0n) is 28.0. The molecule has 3 heterocycles. The van der Waals surface area contributed by atoms with Gasteiger partial charge in [0.15, 0.2) is 0 Å². The van der Waals surface area contributed by atoms with E-state index in [0.29, 0.717) is 0 Å². The van der Waals surface area contributed by atoms with Crippen molar-refractivity contribution >= 4 is 21.8 Å². The highest BCUT2D eigenvalue weighted by atomic mass is 16.5. The first-order valence-corrected chi connectivity index (χ1v) is 16.8. The van der Waals surface area contributed by atoms with Crippen molar-refractivity contribution in [3.63, 3.8) is 0 Å². The van der Waals surface area contributed by atoms with Gasteiger partial charge in [-0.25, -0.2) is 9.67 Å². The lowest BCUT2D eigenvalue weighted by Crippen LogP contribution is -1.99. The van der Waals surface area contributed by atoms with Crippen molar-refractivity contribution in [1.29, 1.82) is 0 Å². The van der Waals surface area contributed by atoms with Gasteiger partial charge in [0, 0.05) is 40.4 Å². The largest absolute Gasteiger partial charge is 0.457 e. The van der Waals surface area contributed by atoms with Gasteiger partial charge in [0.2, 0.25) is 0 Å². The molecule has 0 saturated carbocycles. The molecule has 0 aliphatic heterocycles. The Morgan fingerprint density at radius 1 is 0.723 bits per heavy atom. The maximum Gasteiger partial charge on any atom is 0.137 e. The molecule has 0 aliphatic rings. The van der Waals surface area contributed by atoms with E-state index in [9.17, 15) is 0 Å². The minimum Gasteiger partial charge on any atom is -0.457 e. The van der Waals surface area contributed by atoms with Gasteiger partial charge in [-0.3, -0.25) is 4.57 Å². The van der Waals surface area contributed by atoms with Gasteiger partial charge in [-0.05, 0) is 105 Å². The molecule has 236 valence electrons. The van der Waals surface area contributed by atoms with Crippen molar-refractivity contribution in [3.05, 3.63) is 132 Å². The quantitative estimate of drug-likeness (QED) is 0.143. The average molecular weight is 619 g/mol. The van der Waals surface area contributed by atoms with Gasteiger partial charge in [0.25, 0.3) is 0 Å². The van der Waals surface area contributed by atoms with Crippen LogP contribution in [0, 0.1) is 26.7 Å². The average Bonchev–Trinajstić information content (AvgIpc) is 3.55. The number of nitrogens with zero attached hydrogens (tertiary/aromatic N) is 4. The van der Waals surface area contributed by atoms with E-state index in [0.717, 1.165) is 57.8 Å². The summed E-state index contributed by atoms with van der Waals surface area (Å²) in [4.78, 5) is 4.79. The first-order valence-electron chi connectivity index (χ1n) is 16.8. The van der Waals surface area contributed by atoms with Crippen molar-refractivity contribution in [3.8, 4) is 34.1 Å².